The highest BCUT2D eigenvalue weighted by atomic mass is 16.3. The zero-order valence-electron chi connectivity index (χ0n) is 29.0. The Kier molecular flexibility index (Phi) is 6.79. The summed E-state index contributed by atoms with van der Waals surface area (Å²) in [7, 11) is 0. The van der Waals surface area contributed by atoms with Crippen LogP contribution in [0.4, 0.5) is 0 Å². The maximum absolute atomic E-state index is 7.14. The van der Waals surface area contributed by atoms with Crippen molar-refractivity contribution in [2.24, 2.45) is 0 Å². The Morgan fingerprint density at radius 2 is 0.870 bits per heavy atom. The molecular formula is C49H30N4O. The lowest BCUT2D eigenvalue weighted by atomic mass is 9.95. The molecule has 0 unspecified atom stereocenters. The number of hydrogen-bond donors (Lipinski definition) is 0. The number of benzene rings is 8. The molecule has 0 fully saturated rings. The van der Waals surface area contributed by atoms with Crippen molar-refractivity contribution in [2.75, 3.05) is 0 Å². The predicted molar refractivity (Wildman–Crippen MR) is 221 cm³/mol. The molecule has 3 aromatic heterocycles. The minimum Gasteiger partial charge on any atom is -0.453 e. The number of hydrogen-bond acceptors (Lipinski definition) is 4. The van der Waals surface area contributed by atoms with E-state index in [4.69, 9.17) is 19.4 Å². The van der Waals surface area contributed by atoms with Gasteiger partial charge in [-0.2, -0.15) is 0 Å². The average Bonchev–Trinajstić information content (AvgIpc) is 3.81. The fourth-order valence-electron chi connectivity index (χ4n) is 7.97. The molecule has 0 bridgehead atoms. The van der Waals surface area contributed by atoms with Gasteiger partial charge < -0.3 is 8.98 Å². The van der Waals surface area contributed by atoms with E-state index in [0.29, 0.717) is 17.5 Å². The number of fused-ring (bicyclic) bond motifs is 8. The molecule has 5 nitrogen and oxygen atoms in total. The fraction of sp³-hybridized carbons (Fsp3) is 0. The molecule has 5 heteroatoms. The van der Waals surface area contributed by atoms with Crippen LogP contribution in [0.5, 0.6) is 0 Å². The maximum atomic E-state index is 7.14. The lowest BCUT2D eigenvalue weighted by Crippen LogP contribution is -2.00. The summed E-state index contributed by atoms with van der Waals surface area (Å²) in [4.78, 5) is 15.0. The molecule has 8 aromatic carbocycles. The molecule has 0 aliphatic rings. The molecule has 0 saturated carbocycles. The zero-order chi connectivity index (χ0) is 35.6. The van der Waals surface area contributed by atoms with Gasteiger partial charge >= 0.3 is 0 Å². The second-order valence-electron chi connectivity index (χ2n) is 13.6. The second kappa shape index (κ2) is 12.1. The summed E-state index contributed by atoms with van der Waals surface area (Å²) in [6.07, 6.45) is 0. The van der Waals surface area contributed by atoms with Gasteiger partial charge in [-0.15, -0.1) is 0 Å². The van der Waals surface area contributed by atoms with E-state index in [1.54, 1.807) is 0 Å². The molecule has 11 rings (SSSR count). The number of aromatic nitrogens is 4. The van der Waals surface area contributed by atoms with Crippen LogP contribution in [0.3, 0.4) is 0 Å². The average molecular weight is 691 g/mol. The van der Waals surface area contributed by atoms with E-state index in [9.17, 15) is 0 Å². The Hall–Kier alpha value is -7.37. The monoisotopic (exact) mass is 690 g/mol. The van der Waals surface area contributed by atoms with Crippen LogP contribution in [0.2, 0.25) is 0 Å². The standard InChI is InChI=1S/C49H30N4O/c1-3-15-31(16-4-1)47-50-48(32-17-5-2-6-18-32)52-49(51-47)35-21-13-20-33(29-35)40-30-34-19-7-8-22-36(34)44-39-25-14-28-43(45(39)54-46(40)44)53-41-26-11-9-23-37(41)38-24-10-12-27-42(38)53/h1-30H. The summed E-state index contributed by atoms with van der Waals surface area (Å²) < 4.78 is 9.48. The summed E-state index contributed by atoms with van der Waals surface area (Å²) in [5, 5.41) is 6.91. The third-order valence-corrected chi connectivity index (χ3v) is 10.4. The highest BCUT2D eigenvalue weighted by molar-refractivity contribution is 6.24. The van der Waals surface area contributed by atoms with Gasteiger partial charge in [0.15, 0.2) is 23.1 Å². The summed E-state index contributed by atoms with van der Waals surface area (Å²) in [6.45, 7) is 0. The minimum absolute atomic E-state index is 0.611. The molecule has 0 saturated heterocycles. The van der Waals surface area contributed by atoms with Crippen molar-refractivity contribution in [1.82, 2.24) is 19.5 Å². The van der Waals surface area contributed by atoms with Crippen molar-refractivity contribution in [1.29, 1.82) is 0 Å². The van der Waals surface area contributed by atoms with E-state index < -0.39 is 0 Å². The van der Waals surface area contributed by atoms with E-state index in [2.05, 4.69) is 126 Å². The van der Waals surface area contributed by atoms with Crippen LogP contribution in [0, 0.1) is 0 Å². The van der Waals surface area contributed by atoms with Gasteiger partial charge in [0.25, 0.3) is 0 Å². The van der Waals surface area contributed by atoms with Crippen LogP contribution in [0.15, 0.2) is 186 Å². The Bertz CT molecular complexity index is 3110. The van der Waals surface area contributed by atoms with Gasteiger partial charge in [0.1, 0.15) is 5.58 Å². The molecule has 11 aromatic rings. The van der Waals surface area contributed by atoms with E-state index >= 15 is 0 Å². The molecule has 252 valence electrons. The van der Waals surface area contributed by atoms with Crippen LogP contribution >= 0.6 is 0 Å². The van der Waals surface area contributed by atoms with Gasteiger partial charge in [0.2, 0.25) is 0 Å². The normalized spacial score (nSPS) is 11.7. The topological polar surface area (TPSA) is 56.7 Å². The first-order chi connectivity index (χ1) is 26.8. The van der Waals surface area contributed by atoms with Gasteiger partial charge in [-0.1, -0.05) is 152 Å². The van der Waals surface area contributed by atoms with Crippen LogP contribution in [-0.2, 0) is 0 Å². The Labute approximate surface area is 310 Å². The smallest absolute Gasteiger partial charge is 0.164 e. The molecule has 3 heterocycles. The first kappa shape index (κ1) is 30.3. The van der Waals surface area contributed by atoms with Crippen molar-refractivity contribution in [2.45, 2.75) is 0 Å². The van der Waals surface area contributed by atoms with Gasteiger partial charge in [-0.25, -0.2) is 15.0 Å². The van der Waals surface area contributed by atoms with Gasteiger partial charge in [-0.05, 0) is 46.7 Å². The van der Waals surface area contributed by atoms with Crippen molar-refractivity contribution in [3.05, 3.63) is 182 Å². The summed E-state index contributed by atoms with van der Waals surface area (Å²) >= 11 is 0. The first-order valence-electron chi connectivity index (χ1n) is 18.1. The van der Waals surface area contributed by atoms with Crippen molar-refractivity contribution >= 4 is 54.5 Å². The molecule has 0 atom stereocenters. The highest BCUT2D eigenvalue weighted by Crippen LogP contribution is 2.44. The summed E-state index contributed by atoms with van der Waals surface area (Å²) in [5.74, 6) is 1.88. The number of rotatable bonds is 5. The van der Waals surface area contributed by atoms with Crippen molar-refractivity contribution in [3.8, 4) is 51.0 Å². The molecule has 0 spiro atoms. The molecule has 0 N–H and O–H groups in total. The molecule has 0 aliphatic carbocycles. The SMILES string of the molecule is c1ccc(-c2nc(-c3ccccc3)nc(-c3cccc(-c4cc5ccccc5c5c4oc4c(-n6c7ccccc7c7ccccc76)cccc45)c3)n2)cc1. The van der Waals surface area contributed by atoms with E-state index in [1.165, 1.54) is 10.8 Å². The molecule has 54 heavy (non-hydrogen) atoms. The maximum Gasteiger partial charge on any atom is 0.164 e. The Balaban J connectivity index is 1.15. The Morgan fingerprint density at radius 3 is 1.54 bits per heavy atom. The predicted octanol–water partition coefficient (Wildman–Crippen LogP) is 12.7. The molecule has 0 radical (unpaired) electrons. The van der Waals surface area contributed by atoms with Crippen molar-refractivity contribution in [3.63, 3.8) is 0 Å². The van der Waals surface area contributed by atoms with E-state index in [1.807, 2.05) is 60.7 Å². The van der Waals surface area contributed by atoms with Gasteiger partial charge in [0, 0.05) is 43.8 Å². The van der Waals surface area contributed by atoms with Crippen LogP contribution in [0.25, 0.3) is 105 Å². The first-order valence-corrected chi connectivity index (χ1v) is 18.1. The summed E-state index contributed by atoms with van der Waals surface area (Å²) in [6, 6.07) is 63.2. The molecular weight excluding hydrogens is 661 g/mol. The highest BCUT2D eigenvalue weighted by Gasteiger charge is 2.21. The Morgan fingerprint density at radius 1 is 0.370 bits per heavy atom. The van der Waals surface area contributed by atoms with Crippen LogP contribution in [0.1, 0.15) is 0 Å². The molecule has 0 aliphatic heterocycles. The fourth-order valence-corrected chi connectivity index (χ4v) is 7.97. The van der Waals surface area contributed by atoms with Crippen LogP contribution < -0.4 is 0 Å². The lowest BCUT2D eigenvalue weighted by Gasteiger charge is -2.10. The lowest BCUT2D eigenvalue weighted by molar-refractivity contribution is 0.667. The van der Waals surface area contributed by atoms with Gasteiger partial charge in [-0.3, -0.25) is 0 Å². The van der Waals surface area contributed by atoms with Gasteiger partial charge in [0.05, 0.1) is 16.7 Å². The molecule has 0 amide bonds. The van der Waals surface area contributed by atoms with Crippen LogP contribution in [-0.4, -0.2) is 19.5 Å². The van der Waals surface area contributed by atoms with E-state index in [0.717, 1.165) is 77.2 Å². The zero-order valence-corrected chi connectivity index (χ0v) is 29.0. The van der Waals surface area contributed by atoms with Crippen molar-refractivity contribution < 1.29 is 4.42 Å². The quantitative estimate of drug-likeness (QED) is 0.180. The third-order valence-electron chi connectivity index (χ3n) is 10.4. The largest absolute Gasteiger partial charge is 0.453 e. The number of furan rings is 1. The minimum atomic E-state index is 0.611. The van der Waals surface area contributed by atoms with E-state index in [-0.39, 0.29) is 0 Å². The second-order valence-corrected chi connectivity index (χ2v) is 13.6. The number of para-hydroxylation sites is 3. The summed E-state index contributed by atoms with van der Waals surface area (Å²) in [5.41, 5.74) is 9.80. The number of nitrogens with zero attached hydrogens (tertiary/aromatic N) is 4. The third kappa shape index (κ3) is 4.76.